The molecule has 0 aromatic heterocycles. The molecule has 24 heavy (non-hydrogen) atoms. The number of aliphatic hydroxyl groups is 1. The summed E-state index contributed by atoms with van der Waals surface area (Å²) in [7, 11) is 0. The van der Waals surface area contributed by atoms with Crippen LogP contribution in [0.4, 0.5) is 0 Å². The predicted octanol–water partition coefficient (Wildman–Crippen LogP) is 2.19. The number of carbonyl (C=O) groups excluding carboxylic acids is 1. The van der Waals surface area contributed by atoms with Gasteiger partial charge in [-0.3, -0.25) is 4.79 Å². The Bertz CT molecular complexity index is 722. The third-order valence-corrected chi connectivity index (χ3v) is 4.62. The fourth-order valence-electron chi connectivity index (χ4n) is 3.28. The molecule has 0 unspecified atom stereocenters. The van der Waals surface area contributed by atoms with Crippen LogP contribution in [0.15, 0.2) is 48.5 Å². The lowest BCUT2D eigenvalue weighted by Crippen LogP contribution is -2.45. The van der Waals surface area contributed by atoms with Gasteiger partial charge in [0.2, 0.25) is 5.91 Å². The maximum absolute atomic E-state index is 12.9. The highest BCUT2D eigenvalue weighted by atomic mass is 16.5. The number of fused-ring (bicyclic) bond motifs is 2. The van der Waals surface area contributed by atoms with Crippen LogP contribution in [0.5, 0.6) is 11.5 Å². The summed E-state index contributed by atoms with van der Waals surface area (Å²) in [4.78, 5) is 12.9. The minimum atomic E-state index is -0.972. The van der Waals surface area contributed by atoms with Crippen molar-refractivity contribution in [3.05, 3.63) is 59.7 Å². The largest absolute Gasteiger partial charge is 0.457 e. The summed E-state index contributed by atoms with van der Waals surface area (Å²) in [6.07, 6.45) is 0.536. The van der Waals surface area contributed by atoms with Gasteiger partial charge in [0.05, 0.1) is 12.5 Å². The SMILES string of the molecule is O=C(NC[C@]1(O)CCOC1)C1c2ccccc2Oc2ccccc21. The number of rotatable bonds is 3. The molecular formula is C19H19NO4. The maximum Gasteiger partial charge on any atom is 0.232 e. The van der Waals surface area contributed by atoms with Crippen LogP contribution in [0, 0.1) is 0 Å². The van der Waals surface area contributed by atoms with Crippen LogP contribution in [0.3, 0.4) is 0 Å². The molecule has 2 aromatic rings. The monoisotopic (exact) mass is 325 g/mol. The van der Waals surface area contributed by atoms with Crippen LogP contribution in [-0.2, 0) is 9.53 Å². The van der Waals surface area contributed by atoms with E-state index in [1.807, 2.05) is 48.5 Å². The first-order valence-electron chi connectivity index (χ1n) is 8.10. The second-order valence-corrected chi connectivity index (χ2v) is 6.36. The van der Waals surface area contributed by atoms with Crippen LogP contribution in [0.1, 0.15) is 23.5 Å². The smallest absolute Gasteiger partial charge is 0.232 e. The highest BCUT2D eigenvalue weighted by molar-refractivity contribution is 5.89. The topological polar surface area (TPSA) is 67.8 Å². The fourth-order valence-corrected chi connectivity index (χ4v) is 3.28. The Kier molecular flexibility index (Phi) is 3.75. The van der Waals surface area contributed by atoms with Crippen LogP contribution in [-0.4, -0.2) is 36.4 Å². The zero-order valence-electron chi connectivity index (χ0n) is 13.2. The third-order valence-electron chi connectivity index (χ3n) is 4.62. The van der Waals surface area contributed by atoms with Gasteiger partial charge in [0.1, 0.15) is 17.1 Å². The number of amides is 1. The molecule has 0 radical (unpaired) electrons. The second-order valence-electron chi connectivity index (χ2n) is 6.36. The van der Waals surface area contributed by atoms with Gasteiger partial charge < -0.3 is 19.9 Å². The summed E-state index contributed by atoms with van der Waals surface area (Å²) in [5.74, 6) is 0.800. The Hall–Kier alpha value is -2.37. The molecule has 0 aliphatic carbocycles. The van der Waals surface area contributed by atoms with Gasteiger partial charge in [-0.15, -0.1) is 0 Å². The number of hydrogen-bond acceptors (Lipinski definition) is 4. The summed E-state index contributed by atoms with van der Waals surface area (Å²) in [6, 6.07) is 15.1. The van der Waals surface area contributed by atoms with Crippen molar-refractivity contribution in [2.45, 2.75) is 17.9 Å². The molecule has 2 aromatic carbocycles. The van der Waals surface area contributed by atoms with Crippen LogP contribution in [0.25, 0.3) is 0 Å². The van der Waals surface area contributed by atoms with Crippen molar-refractivity contribution in [3.63, 3.8) is 0 Å². The molecule has 2 N–H and O–H groups in total. The number of para-hydroxylation sites is 2. The summed E-state index contributed by atoms with van der Waals surface area (Å²) in [6.45, 7) is 0.969. The van der Waals surface area contributed by atoms with E-state index in [4.69, 9.17) is 9.47 Å². The molecule has 1 saturated heterocycles. The molecule has 5 nitrogen and oxygen atoms in total. The summed E-state index contributed by atoms with van der Waals surface area (Å²) < 4.78 is 11.1. The van der Waals surface area contributed by atoms with Crippen molar-refractivity contribution in [1.82, 2.24) is 5.32 Å². The quantitative estimate of drug-likeness (QED) is 0.908. The van der Waals surface area contributed by atoms with Gasteiger partial charge in [0, 0.05) is 30.7 Å². The predicted molar refractivity (Wildman–Crippen MR) is 88.2 cm³/mol. The van der Waals surface area contributed by atoms with Gasteiger partial charge in [0.15, 0.2) is 0 Å². The lowest BCUT2D eigenvalue weighted by Gasteiger charge is -2.28. The molecule has 124 valence electrons. The van der Waals surface area contributed by atoms with E-state index in [1.54, 1.807) is 0 Å². The Balaban J connectivity index is 1.63. The molecule has 1 fully saturated rings. The Morgan fingerprint density at radius 3 is 2.33 bits per heavy atom. The highest BCUT2D eigenvalue weighted by Gasteiger charge is 2.36. The van der Waals surface area contributed by atoms with E-state index >= 15 is 0 Å². The lowest BCUT2D eigenvalue weighted by molar-refractivity contribution is -0.123. The molecule has 2 aliphatic heterocycles. The fraction of sp³-hybridized carbons (Fsp3) is 0.316. The number of ether oxygens (including phenoxy) is 2. The van der Waals surface area contributed by atoms with Gasteiger partial charge in [-0.25, -0.2) is 0 Å². The van der Waals surface area contributed by atoms with Crippen LogP contribution in [0.2, 0.25) is 0 Å². The van der Waals surface area contributed by atoms with E-state index in [2.05, 4.69) is 5.32 Å². The van der Waals surface area contributed by atoms with Gasteiger partial charge >= 0.3 is 0 Å². The van der Waals surface area contributed by atoms with E-state index in [0.717, 1.165) is 11.1 Å². The molecule has 0 spiro atoms. The van der Waals surface area contributed by atoms with E-state index in [0.29, 0.717) is 24.5 Å². The zero-order chi connectivity index (χ0) is 16.6. The van der Waals surface area contributed by atoms with Gasteiger partial charge in [-0.05, 0) is 12.1 Å². The molecule has 0 saturated carbocycles. The minimum Gasteiger partial charge on any atom is -0.457 e. The van der Waals surface area contributed by atoms with Gasteiger partial charge in [-0.2, -0.15) is 0 Å². The minimum absolute atomic E-state index is 0.140. The number of carbonyl (C=O) groups is 1. The van der Waals surface area contributed by atoms with Gasteiger partial charge in [-0.1, -0.05) is 36.4 Å². The number of nitrogens with one attached hydrogen (secondary N) is 1. The zero-order valence-corrected chi connectivity index (χ0v) is 13.2. The molecule has 2 aliphatic rings. The highest BCUT2D eigenvalue weighted by Crippen LogP contribution is 2.43. The molecule has 0 bridgehead atoms. The van der Waals surface area contributed by atoms with Crippen molar-refractivity contribution in [2.24, 2.45) is 0 Å². The van der Waals surface area contributed by atoms with Crippen LogP contribution >= 0.6 is 0 Å². The maximum atomic E-state index is 12.9. The first kappa shape index (κ1) is 15.2. The number of benzene rings is 2. The van der Waals surface area contributed by atoms with Crippen molar-refractivity contribution in [2.75, 3.05) is 19.8 Å². The number of hydrogen-bond donors (Lipinski definition) is 2. The van der Waals surface area contributed by atoms with Crippen molar-refractivity contribution in [3.8, 4) is 11.5 Å². The molecule has 2 heterocycles. The van der Waals surface area contributed by atoms with Crippen LogP contribution < -0.4 is 10.1 Å². The van der Waals surface area contributed by atoms with Crippen molar-refractivity contribution in [1.29, 1.82) is 0 Å². The van der Waals surface area contributed by atoms with E-state index in [-0.39, 0.29) is 19.1 Å². The first-order chi connectivity index (χ1) is 11.7. The van der Waals surface area contributed by atoms with Gasteiger partial charge in [0.25, 0.3) is 0 Å². The molecule has 4 rings (SSSR count). The van der Waals surface area contributed by atoms with E-state index < -0.39 is 11.5 Å². The van der Waals surface area contributed by atoms with Crippen molar-refractivity contribution >= 4 is 5.91 Å². The van der Waals surface area contributed by atoms with Crippen molar-refractivity contribution < 1.29 is 19.4 Å². The second kappa shape index (κ2) is 5.92. The Morgan fingerprint density at radius 2 is 1.75 bits per heavy atom. The summed E-state index contributed by atoms with van der Waals surface area (Å²) >= 11 is 0. The Labute approximate surface area is 140 Å². The third kappa shape index (κ3) is 2.66. The molecule has 1 amide bonds. The standard InChI is InChI=1S/C19H19NO4/c21-18(20-11-19(22)9-10-23-12-19)17-13-5-1-3-7-15(13)24-16-8-4-2-6-14(16)17/h1-8,17,22H,9-12H2,(H,20,21)/t19-/m1/s1. The lowest BCUT2D eigenvalue weighted by atomic mass is 9.87. The average Bonchev–Trinajstić information content (AvgIpc) is 3.04. The molecular weight excluding hydrogens is 306 g/mol. The summed E-state index contributed by atoms with van der Waals surface area (Å²) in [5.41, 5.74) is 0.701. The molecule has 5 heteroatoms. The van der Waals surface area contributed by atoms with E-state index in [1.165, 1.54) is 0 Å². The molecule has 1 atom stereocenters. The average molecular weight is 325 g/mol. The van der Waals surface area contributed by atoms with E-state index in [9.17, 15) is 9.90 Å². The first-order valence-corrected chi connectivity index (χ1v) is 8.10. The normalized spacial score (nSPS) is 22.4. The summed E-state index contributed by atoms with van der Waals surface area (Å²) in [5, 5.41) is 13.3. The Morgan fingerprint density at radius 1 is 1.12 bits per heavy atom.